The van der Waals surface area contributed by atoms with Gasteiger partial charge in [-0.2, -0.15) is 0 Å². The molecular formula is C16H25NO2S. The molecule has 0 saturated heterocycles. The molecule has 0 bridgehead atoms. The highest BCUT2D eigenvalue weighted by atomic mass is 32.2. The van der Waals surface area contributed by atoms with E-state index in [0.717, 1.165) is 12.8 Å². The zero-order valence-corrected chi connectivity index (χ0v) is 13.1. The summed E-state index contributed by atoms with van der Waals surface area (Å²) in [6, 6.07) is 9.99. The Morgan fingerprint density at radius 2 is 1.85 bits per heavy atom. The molecule has 20 heavy (non-hydrogen) atoms. The summed E-state index contributed by atoms with van der Waals surface area (Å²) in [7, 11) is -3.10. The molecule has 1 aliphatic rings. The maximum Gasteiger partial charge on any atom is 0.154 e. The Kier molecular flexibility index (Phi) is 4.86. The highest BCUT2D eigenvalue weighted by Gasteiger charge is 2.37. The lowest BCUT2D eigenvalue weighted by Gasteiger charge is -2.34. The van der Waals surface area contributed by atoms with Gasteiger partial charge in [0.25, 0.3) is 0 Å². The minimum Gasteiger partial charge on any atom is -0.327 e. The van der Waals surface area contributed by atoms with Crippen LogP contribution in [0.25, 0.3) is 0 Å². The van der Waals surface area contributed by atoms with E-state index in [-0.39, 0.29) is 23.0 Å². The third kappa shape index (κ3) is 3.61. The van der Waals surface area contributed by atoms with E-state index in [4.69, 9.17) is 5.73 Å². The molecule has 0 heterocycles. The van der Waals surface area contributed by atoms with Gasteiger partial charge >= 0.3 is 0 Å². The molecule has 2 N–H and O–H groups in total. The zero-order valence-electron chi connectivity index (χ0n) is 12.3. The van der Waals surface area contributed by atoms with Crippen molar-refractivity contribution in [1.29, 1.82) is 0 Å². The second-order valence-electron chi connectivity index (χ2n) is 6.35. The lowest BCUT2D eigenvalue weighted by atomic mass is 9.82. The molecule has 3 nitrogen and oxygen atoms in total. The maximum absolute atomic E-state index is 12.5. The van der Waals surface area contributed by atoms with Crippen LogP contribution in [0.3, 0.4) is 0 Å². The standard InChI is InChI=1S/C16H25NO2S/c1-12(2)11-20(18,19)16-10-14(8-9-15(16)17)13-6-4-3-5-7-13/h3-7,12,14-16H,8-11,17H2,1-2H3. The van der Waals surface area contributed by atoms with Gasteiger partial charge in [-0.15, -0.1) is 0 Å². The Labute approximate surface area is 122 Å². The number of nitrogens with two attached hydrogens (primary N) is 1. The molecule has 1 aromatic rings. The Balaban J connectivity index is 2.17. The Bertz CT molecular complexity index is 525. The van der Waals surface area contributed by atoms with Gasteiger partial charge in [0.15, 0.2) is 9.84 Å². The summed E-state index contributed by atoms with van der Waals surface area (Å²) in [4.78, 5) is 0. The molecule has 0 aliphatic heterocycles. The van der Waals surface area contributed by atoms with E-state index in [0.29, 0.717) is 12.3 Å². The van der Waals surface area contributed by atoms with Crippen LogP contribution >= 0.6 is 0 Å². The number of benzene rings is 1. The van der Waals surface area contributed by atoms with Crippen LogP contribution in [0.2, 0.25) is 0 Å². The minimum atomic E-state index is -3.10. The molecule has 3 unspecified atom stereocenters. The van der Waals surface area contributed by atoms with Gasteiger partial charge in [-0.05, 0) is 36.7 Å². The number of rotatable bonds is 4. The van der Waals surface area contributed by atoms with Crippen molar-refractivity contribution < 1.29 is 8.42 Å². The average Bonchev–Trinajstić information content (AvgIpc) is 2.38. The Morgan fingerprint density at radius 1 is 1.20 bits per heavy atom. The molecular weight excluding hydrogens is 270 g/mol. The zero-order chi connectivity index (χ0) is 14.8. The van der Waals surface area contributed by atoms with Crippen LogP contribution in [0, 0.1) is 5.92 Å². The van der Waals surface area contributed by atoms with E-state index in [2.05, 4.69) is 12.1 Å². The van der Waals surface area contributed by atoms with Crippen LogP contribution in [0.4, 0.5) is 0 Å². The lowest BCUT2D eigenvalue weighted by Crippen LogP contribution is -2.46. The van der Waals surface area contributed by atoms with E-state index >= 15 is 0 Å². The Morgan fingerprint density at radius 3 is 2.45 bits per heavy atom. The van der Waals surface area contributed by atoms with Gasteiger partial charge in [-0.1, -0.05) is 44.2 Å². The van der Waals surface area contributed by atoms with Crippen LogP contribution in [0.15, 0.2) is 30.3 Å². The summed E-state index contributed by atoms with van der Waals surface area (Å²) in [6.07, 6.45) is 2.45. The lowest BCUT2D eigenvalue weighted by molar-refractivity contribution is 0.390. The van der Waals surface area contributed by atoms with Crippen molar-refractivity contribution >= 4 is 9.84 Å². The maximum atomic E-state index is 12.5. The minimum absolute atomic E-state index is 0.157. The summed E-state index contributed by atoms with van der Waals surface area (Å²) in [5.41, 5.74) is 7.34. The summed E-state index contributed by atoms with van der Waals surface area (Å²) < 4.78 is 25.0. The first-order valence-electron chi connectivity index (χ1n) is 7.42. The molecule has 1 saturated carbocycles. The van der Waals surface area contributed by atoms with Gasteiger partial charge in [-0.25, -0.2) is 8.42 Å². The summed E-state index contributed by atoms with van der Waals surface area (Å²) in [5.74, 6) is 0.722. The van der Waals surface area contributed by atoms with Gasteiger partial charge < -0.3 is 5.73 Å². The highest BCUT2D eigenvalue weighted by molar-refractivity contribution is 7.92. The molecule has 2 rings (SSSR count). The van der Waals surface area contributed by atoms with E-state index < -0.39 is 9.84 Å². The van der Waals surface area contributed by atoms with Crippen LogP contribution in [0.5, 0.6) is 0 Å². The van der Waals surface area contributed by atoms with E-state index in [1.165, 1.54) is 5.56 Å². The van der Waals surface area contributed by atoms with Gasteiger partial charge in [0.2, 0.25) is 0 Å². The van der Waals surface area contributed by atoms with Crippen molar-refractivity contribution in [3.63, 3.8) is 0 Å². The van der Waals surface area contributed by atoms with Gasteiger partial charge in [0.05, 0.1) is 11.0 Å². The van der Waals surface area contributed by atoms with Crippen LogP contribution < -0.4 is 5.73 Å². The molecule has 0 aromatic heterocycles. The molecule has 0 spiro atoms. The quantitative estimate of drug-likeness (QED) is 0.929. The smallest absolute Gasteiger partial charge is 0.154 e. The fourth-order valence-electron chi connectivity index (χ4n) is 3.18. The third-order valence-electron chi connectivity index (χ3n) is 4.14. The second kappa shape index (κ2) is 6.27. The molecule has 1 fully saturated rings. The van der Waals surface area contributed by atoms with Gasteiger partial charge in [0, 0.05) is 6.04 Å². The van der Waals surface area contributed by atoms with Gasteiger partial charge in [0.1, 0.15) is 0 Å². The first-order chi connectivity index (χ1) is 9.40. The van der Waals surface area contributed by atoms with Crippen LogP contribution in [-0.4, -0.2) is 25.5 Å². The van der Waals surface area contributed by atoms with Crippen molar-refractivity contribution in [3.05, 3.63) is 35.9 Å². The number of sulfone groups is 1. The average molecular weight is 295 g/mol. The number of hydrogen-bond acceptors (Lipinski definition) is 3. The fraction of sp³-hybridized carbons (Fsp3) is 0.625. The summed E-state index contributed by atoms with van der Waals surface area (Å²) >= 11 is 0. The molecule has 1 aromatic carbocycles. The van der Waals surface area contributed by atoms with Crippen molar-refractivity contribution in [1.82, 2.24) is 0 Å². The first-order valence-corrected chi connectivity index (χ1v) is 9.14. The van der Waals surface area contributed by atoms with Crippen molar-refractivity contribution in [3.8, 4) is 0 Å². The second-order valence-corrected chi connectivity index (χ2v) is 8.61. The topological polar surface area (TPSA) is 60.2 Å². The fourth-order valence-corrected chi connectivity index (χ4v) is 5.55. The molecule has 112 valence electrons. The summed E-state index contributed by atoms with van der Waals surface area (Å²) in [5, 5.41) is -0.385. The Hall–Kier alpha value is -0.870. The monoisotopic (exact) mass is 295 g/mol. The molecule has 1 aliphatic carbocycles. The van der Waals surface area contributed by atoms with E-state index in [1.54, 1.807) is 0 Å². The summed E-state index contributed by atoms with van der Waals surface area (Å²) in [6.45, 7) is 3.89. The molecule has 3 atom stereocenters. The normalized spacial score (nSPS) is 27.7. The largest absolute Gasteiger partial charge is 0.327 e. The van der Waals surface area contributed by atoms with Gasteiger partial charge in [-0.3, -0.25) is 0 Å². The van der Waals surface area contributed by atoms with Crippen molar-refractivity contribution in [2.45, 2.75) is 50.3 Å². The van der Waals surface area contributed by atoms with Crippen molar-refractivity contribution in [2.75, 3.05) is 5.75 Å². The molecule has 0 radical (unpaired) electrons. The SMILES string of the molecule is CC(C)CS(=O)(=O)C1CC(c2ccccc2)CCC1N. The third-order valence-corrected chi connectivity index (χ3v) is 6.74. The predicted octanol–water partition coefficient (Wildman–Crippen LogP) is 2.72. The molecule has 4 heteroatoms. The first kappa shape index (κ1) is 15.5. The molecule has 0 amide bonds. The van der Waals surface area contributed by atoms with E-state index in [9.17, 15) is 8.42 Å². The van der Waals surface area contributed by atoms with Crippen molar-refractivity contribution in [2.24, 2.45) is 11.7 Å². The highest BCUT2D eigenvalue weighted by Crippen LogP contribution is 2.35. The van der Waals surface area contributed by atoms with Crippen LogP contribution in [-0.2, 0) is 9.84 Å². The van der Waals surface area contributed by atoms with E-state index in [1.807, 2.05) is 32.0 Å². The predicted molar refractivity (Wildman–Crippen MR) is 83.4 cm³/mol. The number of hydrogen-bond donors (Lipinski definition) is 1. The van der Waals surface area contributed by atoms with Crippen LogP contribution in [0.1, 0.15) is 44.6 Å².